The predicted octanol–water partition coefficient (Wildman–Crippen LogP) is 2.78. The molecule has 1 N–H and O–H groups in total. The number of rotatable bonds is 5. The van der Waals surface area contributed by atoms with E-state index in [9.17, 15) is 14.7 Å². The third-order valence-electron chi connectivity index (χ3n) is 8.77. The average Bonchev–Trinajstić information content (AvgIpc) is 3.25. The van der Waals surface area contributed by atoms with Crippen LogP contribution in [0, 0.1) is 5.82 Å². The van der Waals surface area contributed by atoms with Crippen LogP contribution in [-0.2, 0) is 9.53 Å². The Morgan fingerprint density at radius 3 is 2.66 bits per heavy atom. The molecule has 3 atom stereocenters. The lowest BCUT2D eigenvalue weighted by molar-refractivity contribution is -0.128. The second kappa shape index (κ2) is 10.8. The van der Waals surface area contributed by atoms with E-state index >= 15 is 4.39 Å². The highest BCUT2D eigenvalue weighted by Crippen LogP contribution is 2.47. The molecule has 218 valence electrons. The number of fused-ring (bicyclic) bond motifs is 2. The molecule has 0 aliphatic carbocycles. The van der Waals surface area contributed by atoms with Crippen molar-refractivity contribution in [1.82, 2.24) is 19.7 Å². The van der Waals surface area contributed by atoms with Crippen LogP contribution >= 0.6 is 11.6 Å². The number of anilines is 1. The van der Waals surface area contributed by atoms with Gasteiger partial charge in [0.1, 0.15) is 40.3 Å². The summed E-state index contributed by atoms with van der Waals surface area (Å²) in [7, 11) is 2.08. The molecule has 5 heterocycles. The molecule has 0 saturated carbocycles. The number of phenolic OH excluding ortho intramolecular Hbond substituents is 1. The fourth-order valence-corrected chi connectivity index (χ4v) is 6.53. The lowest BCUT2D eigenvalue weighted by Crippen LogP contribution is -2.57. The summed E-state index contributed by atoms with van der Waals surface area (Å²) < 4.78 is 26.8. The van der Waals surface area contributed by atoms with Crippen molar-refractivity contribution in [2.45, 2.75) is 37.5 Å². The molecule has 3 saturated heterocycles. The Hall–Kier alpha value is -3.41. The van der Waals surface area contributed by atoms with Gasteiger partial charge >= 0.3 is 0 Å². The number of aromatic hydroxyl groups is 1. The van der Waals surface area contributed by atoms with Crippen molar-refractivity contribution in [3.05, 3.63) is 47.3 Å². The summed E-state index contributed by atoms with van der Waals surface area (Å²) in [5.74, 6) is -1.10. The maximum Gasteiger partial charge on any atom is 0.261 e. The molecule has 0 spiro atoms. The van der Waals surface area contributed by atoms with Crippen molar-refractivity contribution in [3.63, 3.8) is 0 Å². The first kappa shape index (κ1) is 27.7. The van der Waals surface area contributed by atoms with Gasteiger partial charge in [0.25, 0.3) is 5.91 Å². The number of carbonyl (C=O) groups excluding carboxylic acids is 2. The molecule has 10 nitrogen and oxygen atoms in total. The average molecular weight is 586 g/mol. The third kappa shape index (κ3) is 4.69. The summed E-state index contributed by atoms with van der Waals surface area (Å²) in [5.41, 5.74) is 0.0562. The number of amides is 2. The molecule has 0 bridgehead atoms. The first-order valence-electron chi connectivity index (χ1n) is 13.8. The number of halogens is 2. The number of phenols is 1. The Morgan fingerprint density at radius 2 is 1.98 bits per heavy atom. The highest BCUT2D eigenvalue weighted by molar-refractivity contribution is 6.35. The molecule has 1 aromatic heterocycles. The molecule has 6 rings (SSSR count). The van der Waals surface area contributed by atoms with Crippen LogP contribution in [0.1, 0.15) is 23.7 Å². The minimum Gasteiger partial charge on any atom is -0.507 e. The van der Waals surface area contributed by atoms with E-state index in [2.05, 4.69) is 30.4 Å². The highest BCUT2D eigenvalue weighted by atomic mass is 35.5. The van der Waals surface area contributed by atoms with Gasteiger partial charge in [-0.2, -0.15) is 0 Å². The van der Waals surface area contributed by atoms with Crippen LogP contribution in [-0.4, -0.2) is 114 Å². The van der Waals surface area contributed by atoms with E-state index in [1.807, 2.05) is 0 Å². The zero-order chi connectivity index (χ0) is 29.0. The molecule has 2 aromatic rings. The summed E-state index contributed by atoms with van der Waals surface area (Å²) in [6, 6.07) is 4.07. The maximum absolute atomic E-state index is 15.1. The van der Waals surface area contributed by atoms with Crippen molar-refractivity contribution in [2.24, 2.45) is 0 Å². The molecular formula is C29H33ClFN5O5. The van der Waals surface area contributed by atoms with E-state index in [4.69, 9.17) is 26.1 Å². The Morgan fingerprint density at radius 1 is 1.20 bits per heavy atom. The van der Waals surface area contributed by atoms with E-state index in [0.717, 1.165) is 6.42 Å². The predicted molar refractivity (Wildman–Crippen MR) is 151 cm³/mol. The molecule has 41 heavy (non-hydrogen) atoms. The topological polar surface area (TPSA) is 98.7 Å². The van der Waals surface area contributed by atoms with E-state index < -0.39 is 11.9 Å². The summed E-state index contributed by atoms with van der Waals surface area (Å²) in [6.07, 6.45) is 2.08. The van der Waals surface area contributed by atoms with E-state index in [-0.39, 0.29) is 70.4 Å². The van der Waals surface area contributed by atoms with Crippen LogP contribution in [0.5, 0.6) is 11.5 Å². The number of likely N-dealkylation sites (N-methyl/N-ethyl adjacent to an activating group) is 1. The molecule has 0 radical (unpaired) electrons. The van der Waals surface area contributed by atoms with Gasteiger partial charge in [0.05, 0.1) is 30.9 Å². The van der Waals surface area contributed by atoms with Crippen molar-refractivity contribution in [3.8, 4) is 22.8 Å². The van der Waals surface area contributed by atoms with Gasteiger partial charge in [0, 0.05) is 38.3 Å². The van der Waals surface area contributed by atoms with E-state index in [1.54, 1.807) is 9.80 Å². The van der Waals surface area contributed by atoms with Gasteiger partial charge in [-0.15, -0.1) is 0 Å². The molecule has 2 unspecified atom stereocenters. The Bertz CT molecular complexity index is 1380. The van der Waals surface area contributed by atoms with E-state index in [0.29, 0.717) is 44.7 Å². The van der Waals surface area contributed by atoms with Crippen LogP contribution in [0.15, 0.2) is 30.9 Å². The number of pyridine rings is 1. The molecule has 3 fully saturated rings. The van der Waals surface area contributed by atoms with Gasteiger partial charge in [-0.25, -0.2) is 9.37 Å². The largest absolute Gasteiger partial charge is 0.507 e. The van der Waals surface area contributed by atoms with Crippen LogP contribution in [0.25, 0.3) is 11.3 Å². The lowest BCUT2D eigenvalue weighted by Gasteiger charge is -2.39. The van der Waals surface area contributed by atoms with Gasteiger partial charge in [0.15, 0.2) is 5.75 Å². The van der Waals surface area contributed by atoms with Crippen LogP contribution < -0.4 is 9.64 Å². The number of nitrogens with zero attached hydrogens (tertiary/aromatic N) is 5. The summed E-state index contributed by atoms with van der Waals surface area (Å²) in [6.45, 7) is 8.61. The van der Waals surface area contributed by atoms with Gasteiger partial charge in [-0.1, -0.05) is 24.2 Å². The second-order valence-corrected chi connectivity index (χ2v) is 11.5. The number of ether oxygens (including phenoxy) is 2. The van der Waals surface area contributed by atoms with E-state index in [1.165, 1.54) is 24.3 Å². The van der Waals surface area contributed by atoms with Crippen molar-refractivity contribution in [2.75, 3.05) is 57.9 Å². The fraction of sp³-hybridized carbons (Fsp3) is 0.483. The molecular weight excluding hydrogens is 553 g/mol. The first-order valence-corrected chi connectivity index (χ1v) is 14.2. The maximum atomic E-state index is 15.1. The number of hydrogen-bond donors (Lipinski definition) is 1. The molecule has 4 aliphatic heterocycles. The molecule has 2 amide bonds. The van der Waals surface area contributed by atoms with Gasteiger partial charge in [-0.05, 0) is 38.6 Å². The first-order chi connectivity index (χ1) is 19.7. The van der Waals surface area contributed by atoms with Gasteiger partial charge in [-0.3, -0.25) is 14.5 Å². The smallest absolute Gasteiger partial charge is 0.261 e. The number of carbonyl (C=O) groups is 2. The summed E-state index contributed by atoms with van der Waals surface area (Å²) in [4.78, 5) is 39.1. The zero-order valence-electron chi connectivity index (χ0n) is 23.1. The Labute approximate surface area is 242 Å². The molecule has 4 aliphatic rings. The van der Waals surface area contributed by atoms with Crippen LogP contribution in [0.2, 0.25) is 5.02 Å². The molecule has 12 heteroatoms. The Balaban J connectivity index is 1.46. The fourth-order valence-electron chi connectivity index (χ4n) is 6.25. The standard InChI is InChI=1S/C29H33ClFN5O5/c1-4-22(38)34-8-9-35-18(11-34)15-41-27-24(29(35)39)28(32-26(25(27)30)23-20(31)6-5-7-21(23)37)36-12-17(10-16(36)2)33(3)19-13-40-14-19/h4-7,16-19,37H,1,8-15H2,2-3H3/t16?,17?,18-/m1/s1. The molecule has 1 aromatic carbocycles. The summed E-state index contributed by atoms with van der Waals surface area (Å²) >= 11 is 6.85. The Kier molecular flexibility index (Phi) is 7.29. The number of piperazine rings is 1. The summed E-state index contributed by atoms with van der Waals surface area (Å²) in [5, 5.41) is 10.6. The third-order valence-corrected chi connectivity index (χ3v) is 9.12. The SMILES string of the molecule is C=CC(=O)N1CCN2C(=O)c3c(N4CC(N(C)C5COC5)CC4C)nc(-c4c(O)cccc4F)c(Cl)c3OC[C@H]2C1. The highest BCUT2D eigenvalue weighted by Gasteiger charge is 2.44. The van der Waals surface area contributed by atoms with Crippen LogP contribution in [0.3, 0.4) is 0 Å². The normalized spacial score (nSPS) is 24.5. The van der Waals surface area contributed by atoms with Gasteiger partial charge < -0.3 is 29.3 Å². The van der Waals surface area contributed by atoms with Crippen LogP contribution in [0.4, 0.5) is 10.2 Å². The van der Waals surface area contributed by atoms with Crippen molar-refractivity contribution >= 4 is 29.2 Å². The lowest BCUT2D eigenvalue weighted by atomic mass is 10.0. The number of aromatic nitrogens is 1. The monoisotopic (exact) mass is 585 g/mol. The quantitative estimate of drug-likeness (QED) is 0.535. The minimum atomic E-state index is -0.696. The van der Waals surface area contributed by atoms with Crippen molar-refractivity contribution in [1.29, 1.82) is 0 Å². The second-order valence-electron chi connectivity index (χ2n) is 11.1. The number of benzene rings is 1. The van der Waals surface area contributed by atoms with Gasteiger partial charge in [0.2, 0.25) is 5.91 Å². The minimum absolute atomic E-state index is 0.00259. The zero-order valence-corrected chi connectivity index (χ0v) is 23.8. The van der Waals surface area contributed by atoms with Crippen molar-refractivity contribution < 1.29 is 28.6 Å². The number of hydrogen-bond acceptors (Lipinski definition) is 8.